The Morgan fingerprint density at radius 2 is 2.04 bits per heavy atom. The molecule has 0 bridgehead atoms. The Morgan fingerprint density at radius 3 is 2.79 bits per heavy atom. The lowest BCUT2D eigenvalue weighted by Crippen LogP contribution is -2.37. The molecule has 0 spiro atoms. The zero-order valence-corrected chi connectivity index (χ0v) is 13.9. The lowest BCUT2D eigenvalue weighted by Gasteiger charge is -2.24. The molecule has 6 nitrogen and oxygen atoms in total. The van der Waals surface area contributed by atoms with Crippen LogP contribution in [-0.2, 0) is 6.54 Å². The van der Waals surface area contributed by atoms with Gasteiger partial charge in [0.1, 0.15) is 11.5 Å². The summed E-state index contributed by atoms with van der Waals surface area (Å²) >= 11 is 0. The molecule has 0 radical (unpaired) electrons. The van der Waals surface area contributed by atoms with Crippen LogP contribution in [0.15, 0.2) is 55.0 Å². The van der Waals surface area contributed by atoms with E-state index in [9.17, 15) is 4.79 Å². The van der Waals surface area contributed by atoms with Crippen molar-refractivity contribution in [2.45, 2.75) is 20.4 Å². The fraction of sp³-hybridized carbons (Fsp3) is 0.278. The van der Waals surface area contributed by atoms with Gasteiger partial charge in [-0.3, -0.25) is 14.7 Å². The number of imidazole rings is 1. The molecule has 0 unspecified atom stereocenters. The minimum absolute atomic E-state index is 0.153. The standard InChI is InChI=1S/C18H21N5O/c1-14(2)12-22(13-15-7-3-5-9-19-15)18(24)21-17-11-20-16-8-4-6-10-23(16)17/h3-11,14H,12-13H2,1-2H3,(H,21,24). The SMILES string of the molecule is CC(C)CN(Cc1ccccn1)C(=O)Nc1cnc2ccccn12. The molecular formula is C18H21N5O. The summed E-state index contributed by atoms with van der Waals surface area (Å²) in [6.07, 6.45) is 5.29. The van der Waals surface area contributed by atoms with Gasteiger partial charge in [0.05, 0.1) is 18.4 Å². The van der Waals surface area contributed by atoms with Crippen molar-refractivity contribution in [1.82, 2.24) is 19.3 Å². The Kier molecular flexibility index (Phi) is 4.74. The van der Waals surface area contributed by atoms with Gasteiger partial charge < -0.3 is 4.90 Å². The number of nitrogens with zero attached hydrogens (tertiary/aromatic N) is 4. The third-order valence-electron chi connectivity index (χ3n) is 3.60. The highest BCUT2D eigenvalue weighted by molar-refractivity contribution is 5.88. The Bertz CT molecular complexity index is 812. The molecule has 0 aliphatic rings. The molecule has 0 aliphatic heterocycles. The van der Waals surface area contributed by atoms with Crippen LogP contribution in [0.1, 0.15) is 19.5 Å². The molecule has 0 saturated heterocycles. The number of pyridine rings is 2. The molecule has 3 aromatic heterocycles. The van der Waals surface area contributed by atoms with E-state index in [4.69, 9.17) is 0 Å². The van der Waals surface area contributed by atoms with Crippen LogP contribution in [0.3, 0.4) is 0 Å². The van der Waals surface area contributed by atoms with Crippen molar-refractivity contribution < 1.29 is 4.79 Å². The van der Waals surface area contributed by atoms with E-state index in [2.05, 4.69) is 29.1 Å². The quantitative estimate of drug-likeness (QED) is 0.782. The van der Waals surface area contributed by atoms with E-state index in [1.807, 2.05) is 47.0 Å². The Hall–Kier alpha value is -2.89. The van der Waals surface area contributed by atoms with Crippen LogP contribution in [-0.4, -0.2) is 31.8 Å². The van der Waals surface area contributed by atoms with Crippen molar-refractivity contribution in [3.63, 3.8) is 0 Å². The molecule has 3 heterocycles. The highest BCUT2D eigenvalue weighted by Gasteiger charge is 2.17. The molecule has 0 atom stereocenters. The largest absolute Gasteiger partial charge is 0.323 e. The monoisotopic (exact) mass is 323 g/mol. The van der Waals surface area contributed by atoms with Crippen LogP contribution >= 0.6 is 0 Å². The second kappa shape index (κ2) is 7.12. The summed E-state index contributed by atoms with van der Waals surface area (Å²) in [6, 6.07) is 11.3. The Balaban J connectivity index is 1.78. The minimum Gasteiger partial charge on any atom is -0.318 e. The van der Waals surface area contributed by atoms with Crippen molar-refractivity contribution >= 4 is 17.5 Å². The summed E-state index contributed by atoms with van der Waals surface area (Å²) in [6.45, 7) is 5.31. The van der Waals surface area contributed by atoms with Crippen LogP contribution in [0.5, 0.6) is 0 Å². The number of carbonyl (C=O) groups is 1. The molecule has 1 N–H and O–H groups in total. The average Bonchev–Trinajstić information content (AvgIpc) is 2.98. The second-order valence-electron chi connectivity index (χ2n) is 6.10. The van der Waals surface area contributed by atoms with Crippen LogP contribution in [0, 0.1) is 5.92 Å². The summed E-state index contributed by atoms with van der Waals surface area (Å²) in [7, 11) is 0. The van der Waals surface area contributed by atoms with Crippen LogP contribution < -0.4 is 5.32 Å². The molecular weight excluding hydrogens is 302 g/mol. The highest BCUT2D eigenvalue weighted by atomic mass is 16.2. The number of nitrogens with one attached hydrogen (secondary N) is 1. The molecule has 6 heteroatoms. The first kappa shape index (κ1) is 16.0. The highest BCUT2D eigenvalue weighted by Crippen LogP contribution is 2.13. The molecule has 0 aliphatic carbocycles. The Morgan fingerprint density at radius 1 is 1.21 bits per heavy atom. The van der Waals surface area contributed by atoms with Crippen LogP contribution in [0.25, 0.3) is 5.65 Å². The van der Waals surface area contributed by atoms with Crippen molar-refractivity contribution in [2.24, 2.45) is 5.92 Å². The normalized spacial score (nSPS) is 11.0. The van der Waals surface area contributed by atoms with Crippen LogP contribution in [0.2, 0.25) is 0 Å². The van der Waals surface area contributed by atoms with E-state index < -0.39 is 0 Å². The van der Waals surface area contributed by atoms with Gasteiger partial charge in [-0.15, -0.1) is 0 Å². The van der Waals surface area contributed by atoms with E-state index >= 15 is 0 Å². The van der Waals surface area contributed by atoms with E-state index in [1.54, 1.807) is 17.3 Å². The molecule has 3 rings (SSSR count). The molecule has 2 amide bonds. The van der Waals surface area contributed by atoms with Gasteiger partial charge in [-0.05, 0) is 30.2 Å². The zero-order valence-electron chi connectivity index (χ0n) is 13.9. The maximum atomic E-state index is 12.7. The fourth-order valence-corrected chi connectivity index (χ4v) is 2.56. The summed E-state index contributed by atoms with van der Waals surface area (Å²) in [4.78, 5) is 23.1. The summed E-state index contributed by atoms with van der Waals surface area (Å²) in [5.41, 5.74) is 1.67. The second-order valence-corrected chi connectivity index (χ2v) is 6.10. The van der Waals surface area contributed by atoms with Gasteiger partial charge in [0.2, 0.25) is 0 Å². The lowest BCUT2D eigenvalue weighted by atomic mass is 10.2. The number of fused-ring (bicyclic) bond motifs is 1. The van der Waals surface area contributed by atoms with Crippen molar-refractivity contribution in [3.8, 4) is 0 Å². The third kappa shape index (κ3) is 3.71. The number of aromatic nitrogens is 3. The molecule has 124 valence electrons. The number of hydrogen-bond donors (Lipinski definition) is 1. The zero-order chi connectivity index (χ0) is 16.9. The Labute approximate surface area is 141 Å². The number of rotatable bonds is 5. The van der Waals surface area contributed by atoms with Gasteiger partial charge in [-0.25, -0.2) is 9.78 Å². The minimum atomic E-state index is -0.153. The lowest BCUT2D eigenvalue weighted by molar-refractivity contribution is 0.201. The maximum Gasteiger partial charge on any atom is 0.323 e. The molecule has 24 heavy (non-hydrogen) atoms. The van der Waals surface area contributed by atoms with Gasteiger partial charge in [-0.1, -0.05) is 26.0 Å². The summed E-state index contributed by atoms with van der Waals surface area (Å²) < 4.78 is 1.85. The van der Waals surface area contributed by atoms with Crippen molar-refractivity contribution in [3.05, 3.63) is 60.7 Å². The predicted molar refractivity (Wildman–Crippen MR) is 93.7 cm³/mol. The third-order valence-corrected chi connectivity index (χ3v) is 3.60. The van der Waals surface area contributed by atoms with Crippen molar-refractivity contribution in [2.75, 3.05) is 11.9 Å². The van der Waals surface area contributed by atoms with Gasteiger partial charge in [0.25, 0.3) is 0 Å². The van der Waals surface area contributed by atoms with Gasteiger partial charge in [0, 0.05) is 18.9 Å². The fourth-order valence-electron chi connectivity index (χ4n) is 2.56. The number of urea groups is 1. The van der Waals surface area contributed by atoms with Crippen LogP contribution in [0.4, 0.5) is 10.6 Å². The van der Waals surface area contributed by atoms with Crippen molar-refractivity contribution in [1.29, 1.82) is 0 Å². The smallest absolute Gasteiger partial charge is 0.318 e. The first-order valence-electron chi connectivity index (χ1n) is 8.01. The van der Waals surface area contributed by atoms with Gasteiger partial charge in [-0.2, -0.15) is 0 Å². The average molecular weight is 323 g/mol. The number of amides is 2. The van der Waals surface area contributed by atoms with Gasteiger partial charge >= 0.3 is 6.03 Å². The summed E-state index contributed by atoms with van der Waals surface area (Å²) in [5, 5.41) is 2.95. The number of carbonyl (C=O) groups excluding carboxylic acids is 1. The molecule has 0 fully saturated rings. The first-order valence-corrected chi connectivity index (χ1v) is 8.01. The molecule has 3 aromatic rings. The first-order chi connectivity index (χ1) is 11.6. The molecule has 0 aromatic carbocycles. The van der Waals surface area contributed by atoms with E-state index in [0.717, 1.165) is 11.3 Å². The number of anilines is 1. The van der Waals surface area contributed by atoms with E-state index in [1.165, 1.54) is 0 Å². The molecule has 0 saturated carbocycles. The van der Waals surface area contributed by atoms with E-state index in [-0.39, 0.29) is 6.03 Å². The maximum absolute atomic E-state index is 12.7. The topological polar surface area (TPSA) is 62.5 Å². The van der Waals surface area contributed by atoms with E-state index in [0.29, 0.717) is 24.8 Å². The van der Waals surface area contributed by atoms with Gasteiger partial charge in [0.15, 0.2) is 0 Å². The predicted octanol–water partition coefficient (Wildman–Crippen LogP) is 3.42. The summed E-state index contributed by atoms with van der Waals surface area (Å²) in [5.74, 6) is 1.02. The number of hydrogen-bond acceptors (Lipinski definition) is 3.